The maximum Gasteiger partial charge on any atom is 0.325 e. The van der Waals surface area contributed by atoms with Crippen molar-refractivity contribution < 1.29 is 18.8 Å². The van der Waals surface area contributed by atoms with Crippen LogP contribution in [0.15, 0.2) is 40.9 Å². The normalized spacial score (nSPS) is 23.7. The summed E-state index contributed by atoms with van der Waals surface area (Å²) in [6, 6.07) is 7.68. The SMILES string of the molecule is C[C@@]12C[C@@H](NC(=O)N1c1ccc(Br)cc1F)c1cc([N+](=O)[O-])ccc1O2. The van der Waals surface area contributed by atoms with E-state index in [9.17, 15) is 19.3 Å². The van der Waals surface area contributed by atoms with E-state index in [1.807, 2.05) is 0 Å². The zero-order chi connectivity index (χ0) is 18.6. The lowest BCUT2D eigenvalue weighted by Crippen LogP contribution is -2.65. The van der Waals surface area contributed by atoms with E-state index >= 15 is 0 Å². The highest BCUT2D eigenvalue weighted by atomic mass is 79.9. The average Bonchev–Trinajstić information content (AvgIpc) is 2.55. The predicted molar refractivity (Wildman–Crippen MR) is 94.6 cm³/mol. The maximum absolute atomic E-state index is 14.5. The van der Waals surface area contributed by atoms with Crippen LogP contribution in [0.3, 0.4) is 0 Å². The first-order valence-corrected chi connectivity index (χ1v) is 8.61. The first-order valence-electron chi connectivity index (χ1n) is 7.82. The lowest BCUT2D eigenvalue weighted by Gasteiger charge is -2.50. The number of urea groups is 1. The summed E-state index contributed by atoms with van der Waals surface area (Å²) in [7, 11) is 0. The average molecular weight is 422 g/mol. The van der Waals surface area contributed by atoms with E-state index in [0.29, 0.717) is 22.2 Å². The largest absolute Gasteiger partial charge is 0.467 e. The Balaban J connectivity index is 1.79. The topological polar surface area (TPSA) is 84.7 Å². The summed E-state index contributed by atoms with van der Waals surface area (Å²) in [5.74, 6) is -0.135. The lowest BCUT2D eigenvalue weighted by molar-refractivity contribution is -0.385. The number of nitro groups is 1. The molecule has 2 aliphatic heterocycles. The zero-order valence-electron chi connectivity index (χ0n) is 13.5. The van der Waals surface area contributed by atoms with Gasteiger partial charge < -0.3 is 10.1 Å². The first kappa shape index (κ1) is 16.8. The number of anilines is 1. The molecule has 1 fully saturated rings. The van der Waals surface area contributed by atoms with Crippen LogP contribution in [-0.2, 0) is 0 Å². The van der Waals surface area contributed by atoms with Crippen LogP contribution in [0.5, 0.6) is 5.75 Å². The number of nitrogens with one attached hydrogen (secondary N) is 1. The van der Waals surface area contributed by atoms with Crippen LogP contribution in [0.1, 0.15) is 24.9 Å². The summed E-state index contributed by atoms with van der Waals surface area (Å²) >= 11 is 3.20. The lowest BCUT2D eigenvalue weighted by atomic mass is 9.90. The number of ether oxygens (including phenoxy) is 1. The number of benzene rings is 2. The molecule has 2 aliphatic rings. The minimum atomic E-state index is -1.12. The third-order valence-electron chi connectivity index (χ3n) is 4.62. The van der Waals surface area contributed by atoms with Gasteiger partial charge in [0.1, 0.15) is 11.6 Å². The predicted octanol–water partition coefficient (Wildman–Crippen LogP) is 4.27. The van der Waals surface area contributed by atoms with Gasteiger partial charge in [-0.3, -0.25) is 15.0 Å². The van der Waals surface area contributed by atoms with Crippen molar-refractivity contribution in [2.24, 2.45) is 0 Å². The number of halogens is 2. The van der Waals surface area contributed by atoms with Crippen LogP contribution < -0.4 is 15.0 Å². The fraction of sp³-hybridized carbons (Fsp3) is 0.235. The van der Waals surface area contributed by atoms with Gasteiger partial charge in [0.25, 0.3) is 5.69 Å². The molecule has 0 spiro atoms. The van der Waals surface area contributed by atoms with Gasteiger partial charge >= 0.3 is 6.03 Å². The molecular weight excluding hydrogens is 409 g/mol. The van der Waals surface area contributed by atoms with Crippen LogP contribution in [-0.4, -0.2) is 16.7 Å². The Kier molecular flexibility index (Phi) is 3.65. The fourth-order valence-corrected chi connectivity index (χ4v) is 3.84. The van der Waals surface area contributed by atoms with Crippen molar-refractivity contribution in [3.8, 4) is 5.75 Å². The molecule has 0 radical (unpaired) electrons. The second-order valence-corrected chi connectivity index (χ2v) is 7.31. The quantitative estimate of drug-likeness (QED) is 0.579. The Morgan fingerprint density at radius 1 is 1.38 bits per heavy atom. The molecule has 1 N–H and O–H groups in total. The second kappa shape index (κ2) is 5.66. The van der Waals surface area contributed by atoms with Gasteiger partial charge in [0.05, 0.1) is 16.7 Å². The number of carbonyl (C=O) groups is 1. The number of nitro benzene ring substituents is 1. The molecule has 0 saturated carbocycles. The Morgan fingerprint density at radius 3 is 2.85 bits per heavy atom. The molecule has 0 unspecified atom stereocenters. The van der Waals surface area contributed by atoms with Crippen LogP contribution in [0.25, 0.3) is 0 Å². The molecule has 0 aromatic heterocycles. The maximum atomic E-state index is 14.5. The fourth-order valence-electron chi connectivity index (χ4n) is 3.50. The van der Waals surface area contributed by atoms with Crippen LogP contribution >= 0.6 is 15.9 Å². The second-order valence-electron chi connectivity index (χ2n) is 6.39. The summed E-state index contributed by atoms with van der Waals surface area (Å²) in [6.45, 7) is 1.70. The zero-order valence-corrected chi connectivity index (χ0v) is 15.1. The van der Waals surface area contributed by atoms with Gasteiger partial charge in [0.15, 0.2) is 5.72 Å². The number of rotatable bonds is 2. The van der Waals surface area contributed by atoms with Gasteiger partial charge in [-0.05, 0) is 31.2 Å². The van der Waals surface area contributed by atoms with Crippen LogP contribution in [0.2, 0.25) is 0 Å². The number of carbonyl (C=O) groups excluding carboxylic acids is 1. The number of fused-ring (bicyclic) bond motifs is 4. The monoisotopic (exact) mass is 421 g/mol. The van der Waals surface area contributed by atoms with Crippen molar-refractivity contribution in [1.82, 2.24) is 5.32 Å². The summed E-state index contributed by atoms with van der Waals surface area (Å²) in [4.78, 5) is 24.5. The third-order valence-corrected chi connectivity index (χ3v) is 5.11. The van der Waals surface area contributed by atoms with Crippen molar-refractivity contribution in [2.75, 3.05) is 4.90 Å². The molecule has 1 saturated heterocycles. The third kappa shape index (κ3) is 2.50. The molecule has 0 aliphatic carbocycles. The van der Waals surface area contributed by atoms with Crippen molar-refractivity contribution in [3.63, 3.8) is 0 Å². The van der Waals surface area contributed by atoms with Crippen molar-refractivity contribution in [2.45, 2.75) is 25.1 Å². The molecule has 2 heterocycles. The Bertz CT molecular complexity index is 954. The van der Waals surface area contributed by atoms with Gasteiger partial charge in [0.2, 0.25) is 0 Å². The molecule has 2 aromatic rings. The Labute approximate surface area is 156 Å². The highest BCUT2D eigenvalue weighted by molar-refractivity contribution is 9.10. The van der Waals surface area contributed by atoms with E-state index in [1.54, 1.807) is 13.0 Å². The van der Waals surface area contributed by atoms with Gasteiger partial charge in [-0.15, -0.1) is 0 Å². The number of nitrogens with zero attached hydrogens (tertiary/aromatic N) is 2. The van der Waals surface area contributed by atoms with E-state index in [4.69, 9.17) is 4.74 Å². The van der Waals surface area contributed by atoms with E-state index < -0.39 is 28.5 Å². The summed E-state index contributed by atoms with van der Waals surface area (Å²) in [5, 5.41) is 13.8. The Hall–Kier alpha value is -2.68. The molecule has 134 valence electrons. The molecule has 26 heavy (non-hydrogen) atoms. The molecule has 4 rings (SSSR count). The van der Waals surface area contributed by atoms with Gasteiger partial charge in [-0.2, -0.15) is 0 Å². The highest BCUT2D eigenvalue weighted by Crippen LogP contribution is 2.46. The summed E-state index contributed by atoms with van der Waals surface area (Å²) < 4.78 is 21.0. The van der Waals surface area contributed by atoms with Crippen LogP contribution in [0, 0.1) is 15.9 Å². The smallest absolute Gasteiger partial charge is 0.325 e. The standard InChI is InChI=1S/C17H13BrFN3O4/c1-17-8-13(11-7-10(22(24)25)3-5-15(11)26-17)20-16(23)21(17)14-4-2-9(18)6-12(14)19/h2-7,13H,8H2,1H3,(H,20,23)/t13-,17-/m1/s1. The number of amides is 2. The van der Waals surface area contributed by atoms with Crippen molar-refractivity contribution >= 4 is 33.3 Å². The van der Waals surface area contributed by atoms with E-state index in [2.05, 4.69) is 21.2 Å². The Morgan fingerprint density at radius 2 is 2.15 bits per heavy atom. The molecule has 9 heteroatoms. The molecule has 7 nitrogen and oxygen atoms in total. The molecule has 2 atom stereocenters. The number of hydrogen-bond acceptors (Lipinski definition) is 4. The van der Waals surface area contributed by atoms with E-state index in [1.165, 1.54) is 35.2 Å². The van der Waals surface area contributed by atoms with E-state index in [-0.39, 0.29) is 11.4 Å². The van der Waals surface area contributed by atoms with Gasteiger partial charge in [0, 0.05) is 28.6 Å². The molecular formula is C17H13BrFN3O4. The minimum absolute atomic E-state index is 0.0772. The molecule has 2 amide bonds. The number of hydrogen-bond donors (Lipinski definition) is 1. The number of non-ortho nitro benzene ring substituents is 1. The minimum Gasteiger partial charge on any atom is -0.467 e. The van der Waals surface area contributed by atoms with Gasteiger partial charge in [-0.1, -0.05) is 15.9 Å². The summed E-state index contributed by atoms with van der Waals surface area (Å²) in [5.41, 5.74) is -0.560. The first-order chi connectivity index (χ1) is 12.3. The van der Waals surface area contributed by atoms with Gasteiger partial charge in [-0.25, -0.2) is 9.18 Å². The molecule has 2 bridgehead atoms. The highest BCUT2D eigenvalue weighted by Gasteiger charge is 2.50. The molecule has 2 aromatic carbocycles. The van der Waals surface area contributed by atoms with Crippen molar-refractivity contribution in [1.29, 1.82) is 0 Å². The summed E-state index contributed by atoms with van der Waals surface area (Å²) in [6.07, 6.45) is 0.322. The van der Waals surface area contributed by atoms with E-state index in [0.717, 1.165) is 0 Å². The van der Waals surface area contributed by atoms with Crippen LogP contribution in [0.4, 0.5) is 20.6 Å². The van der Waals surface area contributed by atoms with Crippen molar-refractivity contribution in [3.05, 3.63) is 62.4 Å².